The number of carboxylic acids is 1. The van der Waals surface area contributed by atoms with Crippen LogP contribution in [0.5, 0.6) is 0 Å². The number of benzene rings is 1. The number of nitrogens with one attached hydrogen (secondary N) is 1. The molecule has 2 aromatic heterocycles. The number of para-hydroxylation sites is 1. The Morgan fingerprint density at radius 2 is 2.12 bits per heavy atom. The molecular weight excluding hydrogens is 418 g/mol. The summed E-state index contributed by atoms with van der Waals surface area (Å²) in [6.07, 6.45) is 5.02. The Morgan fingerprint density at radius 3 is 2.79 bits per heavy atom. The summed E-state index contributed by atoms with van der Waals surface area (Å²) in [4.78, 5) is 32.0. The monoisotopic (exact) mass is 443 g/mol. The average Bonchev–Trinajstić information content (AvgIpc) is 3.43. The van der Waals surface area contributed by atoms with Crippen LogP contribution in [0, 0.1) is 24.2 Å². The number of anilines is 2. The highest BCUT2D eigenvalue weighted by Gasteiger charge is 2.40. The van der Waals surface area contributed by atoms with E-state index in [2.05, 4.69) is 16.3 Å². The first-order valence-electron chi connectivity index (χ1n) is 11.2. The first-order chi connectivity index (χ1) is 15.9. The molecular formula is C25H25N5O3. The second-order valence-electron chi connectivity index (χ2n) is 9.10. The van der Waals surface area contributed by atoms with E-state index in [1.54, 1.807) is 30.5 Å². The fourth-order valence-electron chi connectivity index (χ4n) is 5.31. The van der Waals surface area contributed by atoms with Gasteiger partial charge in [0.15, 0.2) is 11.4 Å². The zero-order chi connectivity index (χ0) is 23.3. The second-order valence-corrected chi connectivity index (χ2v) is 9.10. The number of rotatable bonds is 5. The number of carbonyl (C=O) groups is 1. The molecule has 1 saturated carbocycles. The van der Waals surface area contributed by atoms with Crippen LogP contribution in [0.25, 0.3) is 5.65 Å². The molecule has 2 aliphatic rings. The Kier molecular flexibility index (Phi) is 5.05. The summed E-state index contributed by atoms with van der Waals surface area (Å²) in [5.74, 6) is 0.0455. The fraction of sp³-hybridized carbons (Fsp3) is 0.360. The van der Waals surface area contributed by atoms with E-state index < -0.39 is 5.97 Å². The minimum Gasteiger partial charge on any atom is -0.478 e. The molecule has 0 radical (unpaired) electrons. The number of aryl methyl sites for hydroxylation is 1. The Balaban J connectivity index is 1.64. The largest absolute Gasteiger partial charge is 0.478 e. The summed E-state index contributed by atoms with van der Waals surface area (Å²) in [7, 11) is 0. The Bertz CT molecular complexity index is 1370. The molecule has 2 N–H and O–H groups in total. The summed E-state index contributed by atoms with van der Waals surface area (Å²) in [5.41, 5.74) is 2.46. The molecule has 8 heteroatoms. The first kappa shape index (κ1) is 21.0. The van der Waals surface area contributed by atoms with Gasteiger partial charge in [-0.2, -0.15) is 5.26 Å². The molecule has 3 aromatic rings. The van der Waals surface area contributed by atoms with Gasteiger partial charge >= 0.3 is 5.97 Å². The van der Waals surface area contributed by atoms with E-state index in [9.17, 15) is 20.0 Å². The van der Waals surface area contributed by atoms with Crippen molar-refractivity contribution in [2.75, 3.05) is 16.8 Å². The quantitative estimate of drug-likeness (QED) is 0.618. The van der Waals surface area contributed by atoms with Gasteiger partial charge in [-0.1, -0.05) is 12.1 Å². The summed E-state index contributed by atoms with van der Waals surface area (Å²) < 4.78 is 1.45. The molecule has 3 atom stereocenters. The number of nitrogens with zero attached hydrogens (tertiary/aromatic N) is 4. The number of aromatic carboxylic acids is 1. The molecule has 1 aliphatic carbocycles. The molecule has 0 spiro atoms. The fourth-order valence-corrected chi connectivity index (χ4v) is 5.31. The van der Waals surface area contributed by atoms with Gasteiger partial charge < -0.3 is 15.3 Å². The minimum atomic E-state index is -1.02. The molecule has 2 fully saturated rings. The molecule has 2 bridgehead atoms. The Labute approximate surface area is 191 Å². The number of hydrogen-bond donors (Lipinski definition) is 2. The number of aromatic nitrogens is 2. The van der Waals surface area contributed by atoms with Crippen molar-refractivity contribution in [1.82, 2.24) is 9.38 Å². The maximum absolute atomic E-state index is 13.3. The number of piperidine rings is 1. The van der Waals surface area contributed by atoms with Gasteiger partial charge in [0, 0.05) is 30.0 Å². The van der Waals surface area contributed by atoms with E-state index in [0.29, 0.717) is 29.1 Å². The summed E-state index contributed by atoms with van der Waals surface area (Å²) >= 11 is 0. The molecule has 0 unspecified atom stereocenters. The third kappa shape index (κ3) is 3.50. The van der Waals surface area contributed by atoms with E-state index >= 15 is 0 Å². The lowest BCUT2D eigenvalue weighted by atomic mass is 10.1. The molecule has 3 heterocycles. The zero-order valence-electron chi connectivity index (χ0n) is 18.6. The predicted octanol–water partition coefficient (Wildman–Crippen LogP) is 3.73. The lowest BCUT2D eigenvalue weighted by molar-refractivity contribution is 0.0698. The van der Waals surface area contributed by atoms with Crippen LogP contribution in [0.15, 0.2) is 41.3 Å². The predicted molar refractivity (Wildman–Crippen MR) is 125 cm³/mol. The van der Waals surface area contributed by atoms with Crippen molar-refractivity contribution in [3.05, 3.63) is 69.1 Å². The Morgan fingerprint density at radius 1 is 1.33 bits per heavy atom. The second kappa shape index (κ2) is 7.93. The highest BCUT2D eigenvalue weighted by molar-refractivity contribution is 5.94. The third-order valence-corrected chi connectivity index (χ3v) is 6.86. The normalized spacial score (nSPS) is 20.1. The van der Waals surface area contributed by atoms with Crippen molar-refractivity contribution in [2.24, 2.45) is 5.92 Å². The van der Waals surface area contributed by atoms with Gasteiger partial charge in [0.1, 0.15) is 11.7 Å². The molecule has 33 heavy (non-hydrogen) atoms. The van der Waals surface area contributed by atoms with Gasteiger partial charge in [-0.05, 0) is 62.8 Å². The van der Waals surface area contributed by atoms with Gasteiger partial charge in [-0.25, -0.2) is 9.78 Å². The van der Waals surface area contributed by atoms with E-state index in [4.69, 9.17) is 4.98 Å². The lowest BCUT2D eigenvalue weighted by Crippen LogP contribution is -2.36. The standard InChI is InChI=1S/C25H25N5O3/c1-14-9-19(15(2)27-21-6-4-3-5-18(21)25(32)33)22-28-23(20(11-26)24(31)30(22)12-14)29-13-16-7-8-17(29)10-16/h3-6,9,12,15-17,27H,7-8,10,13H2,1-2H3,(H,32,33)/t15-,16+,17-/m1/s1. The first-order valence-corrected chi connectivity index (χ1v) is 11.2. The topological polar surface area (TPSA) is 111 Å². The van der Waals surface area contributed by atoms with Gasteiger partial charge in [-0.3, -0.25) is 9.20 Å². The number of hydrogen-bond acceptors (Lipinski definition) is 6. The third-order valence-electron chi connectivity index (χ3n) is 6.86. The van der Waals surface area contributed by atoms with Crippen molar-refractivity contribution in [2.45, 2.75) is 45.2 Å². The van der Waals surface area contributed by atoms with Crippen LogP contribution in [-0.2, 0) is 0 Å². The van der Waals surface area contributed by atoms with Gasteiger partial charge in [0.2, 0.25) is 0 Å². The number of pyridine rings is 1. The van der Waals surface area contributed by atoms with Crippen molar-refractivity contribution < 1.29 is 9.90 Å². The van der Waals surface area contributed by atoms with E-state index in [-0.39, 0.29) is 22.7 Å². The van der Waals surface area contributed by atoms with Crippen LogP contribution >= 0.6 is 0 Å². The van der Waals surface area contributed by atoms with Gasteiger partial charge in [-0.15, -0.1) is 0 Å². The minimum absolute atomic E-state index is 0.0773. The van der Waals surface area contributed by atoms with Crippen molar-refractivity contribution in [3.8, 4) is 6.07 Å². The van der Waals surface area contributed by atoms with E-state index in [0.717, 1.165) is 30.5 Å². The maximum atomic E-state index is 13.3. The van der Waals surface area contributed by atoms with E-state index in [1.165, 1.54) is 10.8 Å². The van der Waals surface area contributed by atoms with Crippen LogP contribution in [0.1, 0.15) is 59.3 Å². The zero-order valence-corrected chi connectivity index (χ0v) is 18.6. The number of nitriles is 1. The van der Waals surface area contributed by atoms with Crippen LogP contribution in [0.4, 0.5) is 11.5 Å². The SMILES string of the molecule is Cc1cc([C@@H](C)Nc2ccccc2C(=O)O)c2nc(N3C[C@H]4CC[C@@H]3C4)c(C#N)c(=O)n2c1. The molecule has 0 amide bonds. The summed E-state index contributed by atoms with van der Waals surface area (Å²) in [6, 6.07) is 10.8. The van der Waals surface area contributed by atoms with Crippen molar-refractivity contribution >= 4 is 23.1 Å². The van der Waals surface area contributed by atoms with Gasteiger partial charge in [0.25, 0.3) is 5.56 Å². The van der Waals surface area contributed by atoms with Crippen LogP contribution in [-0.4, -0.2) is 33.0 Å². The molecule has 1 aromatic carbocycles. The van der Waals surface area contributed by atoms with Crippen LogP contribution in [0.2, 0.25) is 0 Å². The maximum Gasteiger partial charge on any atom is 0.337 e. The molecule has 8 nitrogen and oxygen atoms in total. The number of carboxylic acid groups (broad SMARTS) is 1. The lowest BCUT2D eigenvalue weighted by Gasteiger charge is -2.29. The van der Waals surface area contributed by atoms with Crippen molar-refractivity contribution in [1.29, 1.82) is 5.26 Å². The highest BCUT2D eigenvalue weighted by atomic mass is 16.4. The molecule has 168 valence electrons. The van der Waals surface area contributed by atoms with Gasteiger partial charge in [0.05, 0.1) is 11.6 Å². The molecule has 1 aliphatic heterocycles. The average molecular weight is 444 g/mol. The highest BCUT2D eigenvalue weighted by Crippen LogP contribution is 2.40. The van der Waals surface area contributed by atoms with Crippen LogP contribution in [0.3, 0.4) is 0 Å². The molecule has 5 rings (SSSR count). The van der Waals surface area contributed by atoms with E-state index in [1.807, 2.05) is 19.9 Å². The number of fused-ring (bicyclic) bond motifs is 3. The summed E-state index contributed by atoms with van der Waals surface area (Å²) in [5, 5.41) is 22.6. The van der Waals surface area contributed by atoms with Crippen molar-refractivity contribution in [3.63, 3.8) is 0 Å². The molecule has 1 saturated heterocycles. The Hall–Kier alpha value is -3.86. The smallest absolute Gasteiger partial charge is 0.337 e. The summed E-state index contributed by atoms with van der Waals surface area (Å²) in [6.45, 7) is 4.62. The van der Waals surface area contributed by atoms with Crippen LogP contribution < -0.4 is 15.8 Å².